The third kappa shape index (κ3) is 5.16. The molecule has 1 atom stereocenters. The van der Waals surface area contributed by atoms with Gasteiger partial charge in [0.1, 0.15) is 0 Å². The number of ether oxygens (including phenoxy) is 1. The van der Waals surface area contributed by atoms with Crippen LogP contribution in [0, 0.1) is 0 Å². The molecular weight excluding hydrogens is 268 g/mol. The molecule has 116 valence electrons. The van der Waals surface area contributed by atoms with E-state index in [1.165, 1.54) is 29.5 Å². The average molecular weight is 294 g/mol. The lowest BCUT2D eigenvalue weighted by molar-refractivity contribution is 0.0543. The molecule has 0 N–H and O–H groups in total. The van der Waals surface area contributed by atoms with Crippen LogP contribution in [0.4, 0.5) is 0 Å². The second-order valence-corrected chi connectivity index (χ2v) is 5.55. The highest BCUT2D eigenvalue weighted by Gasteiger charge is 2.10. The smallest absolute Gasteiger partial charge is 0.0824 e. The molecule has 0 spiro atoms. The van der Waals surface area contributed by atoms with Crippen molar-refractivity contribution in [3.63, 3.8) is 0 Å². The minimum atomic E-state index is 0.231. The fourth-order valence-corrected chi connectivity index (χ4v) is 2.69. The normalized spacial score (nSPS) is 12.0. The van der Waals surface area contributed by atoms with E-state index in [1.54, 1.807) is 0 Å². The van der Waals surface area contributed by atoms with E-state index in [0.29, 0.717) is 0 Å². The van der Waals surface area contributed by atoms with E-state index in [9.17, 15) is 0 Å². The molecule has 2 aromatic carbocycles. The Morgan fingerprint density at radius 3 is 2.36 bits per heavy atom. The number of hydrogen-bond donors (Lipinski definition) is 0. The van der Waals surface area contributed by atoms with E-state index in [-0.39, 0.29) is 6.10 Å². The first kappa shape index (κ1) is 16.5. The van der Waals surface area contributed by atoms with Gasteiger partial charge in [0, 0.05) is 6.61 Å². The quantitative estimate of drug-likeness (QED) is 0.529. The van der Waals surface area contributed by atoms with Crippen molar-refractivity contribution in [2.24, 2.45) is 0 Å². The van der Waals surface area contributed by atoms with Gasteiger partial charge < -0.3 is 4.74 Å². The van der Waals surface area contributed by atoms with Gasteiger partial charge in [-0.2, -0.15) is 0 Å². The maximum Gasteiger partial charge on any atom is 0.0824 e. The summed E-state index contributed by atoms with van der Waals surface area (Å²) in [4.78, 5) is 0. The van der Waals surface area contributed by atoms with E-state index in [2.05, 4.69) is 68.1 Å². The molecule has 0 saturated carbocycles. The van der Waals surface area contributed by atoms with Gasteiger partial charge >= 0.3 is 0 Å². The van der Waals surface area contributed by atoms with Crippen molar-refractivity contribution in [1.82, 2.24) is 0 Å². The Morgan fingerprint density at radius 2 is 1.73 bits per heavy atom. The molecule has 1 nitrogen and oxygen atoms in total. The van der Waals surface area contributed by atoms with Crippen molar-refractivity contribution in [2.75, 3.05) is 6.61 Å². The Bertz CT molecular complexity index is 542. The molecule has 0 aliphatic heterocycles. The van der Waals surface area contributed by atoms with E-state index in [0.717, 1.165) is 19.4 Å². The van der Waals surface area contributed by atoms with Crippen LogP contribution in [0.5, 0.6) is 0 Å². The van der Waals surface area contributed by atoms with E-state index in [4.69, 9.17) is 4.74 Å². The molecule has 0 heterocycles. The van der Waals surface area contributed by atoms with Gasteiger partial charge in [0.2, 0.25) is 0 Å². The summed E-state index contributed by atoms with van der Waals surface area (Å²) in [6.07, 6.45) is 6.71. The van der Waals surface area contributed by atoms with Crippen molar-refractivity contribution >= 4 is 6.08 Å². The second-order valence-electron chi connectivity index (χ2n) is 5.55. The lowest BCUT2D eigenvalue weighted by atomic mass is 10.0. The van der Waals surface area contributed by atoms with Crippen LogP contribution < -0.4 is 0 Å². The zero-order valence-corrected chi connectivity index (χ0v) is 13.5. The molecule has 1 unspecified atom stereocenters. The predicted octanol–water partition coefficient (Wildman–Crippen LogP) is 5.82. The maximum atomic E-state index is 5.90. The second kappa shape index (κ2) is 9.22. The highest BCUT2D eigenvalue weighted by molar-refractivity contribution is 5.47. The Hall–Kier alpha value is -1.86. The molecule has 22 heavy (non-hydrogen) atoms. The van der Waals surface area contributed by atoms with Crippen LogP contribution in [0.3, 0.4) is 0 Å². The van der Waals surface area contributed by atoms with Crippen LogP contribution in [0.15, 0.2) is 61.2 Å². The van der Waals surface area contributed by atoms with Crippen LogP contribution in [-0.4, -0.2) is 6.61 Å². The number of unbranched alkanes of at least 4 members (excludes halogenated alkanes) is 1. The van der Waals surface area contributed by atoms with Crippen molar-refractivity contribution in [3.8, 4) is 0 Å². The van der Waals surface area contributed by atoms with Crippen molar-refractivity contribution in [2.45, 2.75) is 38.7 Å². The van der Waals surface area contributed by atoms with Gasteiger partial charge in [-0.3, -0.25) is 0 Å². The van der Waals surface area contributed by atoms with Crippen LogP contribution in [0.25, 0.3) is 6.08 Å². The van der Waals surface area contributed by atoms with Gasteiger partial charge in [0.05, 0.1) is 6.10 Å². The van der Waals surface area contributed by atoms with Crippen molar-refractivity contribution < 1.29 is 4.74 Å². The minimum Gasteiger partial charge on any atom is -0.374 e. The summed E-state index contributed by atoms with van der Waals surface area (Å²) in [7, 11) is 0. The first-order valence-corrected chi connectivity index (χ1v) is 8.21. The fourth-order valence-electron chi connectivity index (χ4n) is 2.69. The van der Waals surface area contributed by atoms with Gasteiger partial charge in [0.15, 0.2) is 0 Å². The van der Waals surface area contributed by atoms with Crippen LogP contribution >= 0.6 is 0 Å². The van der Waals surface area contributed by atoms with Crippen molar-refractivity contribution in [1.29, 1.82) is 0 Å². The Balaban J connectivity index is 1.79. The molecule has 0 bridgehead atoms. The first-order valence-electron chi connectivity index (χ1n) is 8.21. The largest absolute Gasteiger partial charge is 0.374 e. The highest BCUT2D eigenvalue weighted by atomic mass is 16.5. The van der Waals surface area contributed by atoms with Gasteiger partial charge in [0.25, 0.3) is 0 Å². The van der Waals surface area contributed by atoms with Crippen LogP contribution in [0.2, 0.25) is 0 Å². The minimum absolute atomic E-state index is 0.231. The monoisotopic (exact) mass is 294 g/mol. The Labute approximate surface area is 134 Å². The average Bonchev–Trinajstić information content (AvgIpc) is 2.59. The lowest BCUT2D eigenvalue weighted by Crippen LogP contribution is -2.04. The van der Waals surface area contributed by atoms with Crippen molar-refractivity contribution in [3.05, 3.63) is 77.9 Å². The van der Waals surface area contributed by atoms with Gasteiger partial charge in [-0.15, -0.1) is 0 Å². The number of benzene rings is 2. The zero-order chi connectivity index (χ0) is 15.6. The third-order valence-corrected chi connectivity index (χ3v) is 3.94. The summed E-state index contributed by atoms with van der Waals surface area (Å²) in [6, 6.07) is 19.2. The zero-order valence-electron chi connectivity index (χ0n) is 13.5. The summed E-state index contributed by atoms with van der Waals surface area (Å²) in [5.74, 6) is 0. The molecule has 2 aromatic rings. The summed E-state index contributed by atoms with van der Waals surface area (Å²) >= 11 is 0. The van der Waals surface area contributed by atoms with Crippen LogP contribution in [0.1, 0.15) is 49.0 Å². The Morgan fingerprint density at radius 1 is 1.00 bits per heavy atom. The number of hydrogen-bond acceptors (Lipinski definition) is 1. The summed E-state index contributed by atoms with van der Waals surface area (Å²) in [6.45, 7) is 6.62. The molecule has 0 amide bonds. The molecular formula is C21H26O. The van der Waals surface area contributed by atoms with E-state index < -0.39 is 0 Å². The summed E-state index contributed by atoms with van der Waals surface area (Å²) in [5.41, 5.74) is 3.88. The highest BCUT2D eigenvalue weighted by Crippen LogP contribution is 2.23. The summed E-state index contributed by atoms with van der Waals surface area (Å²) < 4.78 is 5.90. The maximum absolute atomic E-state index is 5.90. The molecule has 2 rings (SSSR count). The van der Waals surface area contributed by atoms with E-state index >= 15 is 0 Å². The number of rotatable bonds is 9. The molecule has 0 aromatic heterocycles. The molecule has 0 radical (unpaired) electrons. The first-order chi connectivity index (χ1) is 10.8. The summed E-state index contributed by atoms with van der Waals surface area (Å²) in [5, 5.41) is 0. The molecule has 1 heteroatoms. The van der Waals surface area contributed by atoms with E-state index in [1.807, 2.05) is 6.08 Å². The molecule has 0 aliphatic carbocycles. The fraction of sp³-hybridized carbons (Fsp3) is 0.333. The van der Waals surface area contributed by atoms with Gasteiger partial charge in [-0.1, -0.05) is 73.7 Å². The van der Waals surface area contributed by atoms with Crippen LogP contribution in [-0.2, 0) is 11.2 Å². The SMILES string of the molecule is C=Cc1ccc(CCCCC(OCC)c2ccccc2)cc1. The number of aryl methyl sites for hydroxylation is 1. The molecule has 0 aliphatic rings. The predicted molar refractivity (Wildman–Crippen MR) is 94.9 cm³/mol. The van der Waals surface area contributed by atoms with Gasteiger partial charge in [-0.05, 0) is 42.9 Å². The van der Waals surface area contributed by atoms with Gasteiger partial charge in [-0.25, -0.2) is 0 Å². The molecule has 0 saturated heterocycles. The third-order valence-electron chi connectivity index (χ3n) is 3.94. The topological polar surface area (TPSA) is 9.23 Å². The standard InChI is InChI=1S/C21H26O/c1-3-18-14-16-19(17-15-18)10-8-9-13-21(22-4-2)20-11-6-5-7-12-20/h3,5-7,11-12,14-17,21H,1,4,8-10,13H2,2H3. The Kier molecular flexibility index (Phi) is 6.92. The lowest BCUT2D eigenvalue weighted by Gasteiger charge is -2.17. The molecule has 0 fully saturated rings.